The molecule has 4 rings (SSSR count). The second kappa shape index (κ2) is 5.67. The van der Waals surface area contributed by atoms with Crippen molar-refractivity contribution in [2.45, 2.75) is 13.5 Å². The zero-order valence-electron chi connectivity index (χ0n) is 13.2. The lowest BCUT2D eigenvalue weighted by Gasteiger charge is -2.06. The highest BCUT2D eigenvalue weighted by atomic mass is 15.1. The molecule has 0 unspecified atom stereocenters. The molecule has 3 aromatic heterocycles. The fourth-order valence-corrected chi connectivity index (χ4v) is 2.99. The van der Waals surface area contributed by atoms with Crippen molar-refractivity contribution in [3.05, 3.63) is 71.5 Å². The van der Waals surface area contributed by atoms with Gasteiger partial charge in [-0.05, 0) is 36.8 Å². The van der Waals surface area contributed by atoms with Crippen molar-refractivity contribution in [1.29, 1.82) is 5.26 Å². The Balaban J connectivity index is 1.90. The third kappa shape index (κ3) is 2.25. The monoisotopic (exact) mass is 314 g/mol. The summed E-state index contributed by atoms with van der Waals surface area (Å²) in [7, 11) is 0. The van der Waals surface area contributed by atoms with E-state index in [2.05, 4.69) is 25.8 Å². The molecule has 0 spiro atoms. The van der Waals surface area contributed by atoms with E-state index in [1.807, 2.05) is 55.5 Å². The lowest BCUT2D eigenvalue weighted by molar-refractivity contribution is -0.465. The van der Waals surface area contributed by atoms with Gasteiger partial charge >= 0.3 is 0 Å². The molecule has 0 fully saturated rings. The predicted octanol–water partition coefficient (Wildman–Crippen LogP) is 3.09. The summed E-state index contributed by atoms with van der Waals surface area (Å²) in [5.74, 6) is 0.935. The van der Waals surface area contributed by atoms with Crippen molar-refractivity contribution in [1.82, 2.24) is 9.97 Å². The van der Waals surface area contributed by atoms with Gasteiger partial charge in [-0.1, -0.05) is 18.2 Å². The van der Waals surface area contributed by atoms with Gasteiger partial charge in [-0.25, -0.2) is 0 Å². The molecule has 0 bridgehead atoms. The summed E-state index contributed by atoms with van der Waals surface area (Å²) in [6, 6.07) is 18.2. The molecule has 5 nitrogen and oxygen atoms in total. The van der Waals surface area contributed by atoms with E-state index >= 15 is 0 Å². The van der Waals surface area contributed by atoms with Crippen molar-refractivity contribution >= 4 is 22.5 Å². The average Bonchev–Trinajstić information content (AvgIpc) is 3.00. The van der Waals surface area contributed by atoms with E-state index in [0.717, 1.165) is 33.8 Å². The number of rotatable bonds is 3. The zero-order valence-corrected chi connectivity index (χ0v) is 13.2. The lowest BCUT2D eigenvalue weighted by Crippen LogP contribution is -2.27. The number of aromatic amines is 1. The van der Waals surface area contributed by atoms with Crippen LogP contribution in [0.25, 0.3) is 16.7 Å². The highest BCUT2D eigenvalue weighted by Crippen LogP contribution is 2.20. The van der Waals surface area contributed by atoms with Crippen molar-refractivity contribution in [2.24, 2.45) is 0 Å². The Morgan fingerprint density at radius 3 is 2.83 bits per heavy atom. The van der Waals surface area contributed by atoms with Crippen LogP contribution in [0.1, 0.15) is 16.8 Å². The number of hydrogen-bond donors (Lipinski definition) is 2. The Hall–Kier alpha value is -3.39. The number of imidazole rings is 1. The summed E-state index contributed by atoms with van der Waals surface area (Å²) in [6.07, 6.45) is 1.79. The van der Waals surface area contributed by atoms with Crippen LogP contribution >= 0.6 is 0 Å². The quantitative estimate of drug-likeness (QED) is 0.571. The first-order chi connectivity index (χ1) is 11.8. The minimum Gasteiger partial charge on any atom is -0.300 e. The van der Waals surface area contributed by atoms with Gasteiger partial charge in [0.2, 0.25) is 11.5 Å². The molecule has 0 aliphatic heterocycles. The van der Waals surface area contributed by atoms with E-state index in [0.29, 0.717) is 12.1 Å². The molecule has 5 heteroatoms. The van der Waals surface area contributed by atoms with Crippen LogP contribution in [-0.2, 0) is 6.54 Å². The van der Waals surface area contributed by atoms with Crippen LogP contribution in [0.2, 0.25) is 0 Å². The largest absolute Gasteiger partial charge is 0.300 e. The van der Waals surface area contributed by atoms with Crippen molar-refractivity contribution in [3.63, 3.8) is 0 Å². The number of nitrogens with one attached hydrogen (secondary N) is 2. The number of benzene rings is 1. The second-order valence-electron chi connectivity index (χ2n) is 5.70. The number of aryl methyl sites for hydroxylation is 1. The maximum absolute atomic E-state index is 9.53. The second-order valence-corrected chi connectivity index (χ2v) is 5.70. The molecule has 116 valence electrons. The number of pyridine rings is 2. The van der Waals surface area contributed by atoms with Gasteiger partial charge in [0.1, 0.15) is 29.2 Å². The molecule has 0 radical (unpaired) electrons. The summed E-state index contributed by atoms with van der Waals surface area (Å²) in [6.45, 7) is 2.57. The van der Waals surface area contributed by atoms with Gasteiger partial charge in [-0.2, -0.15) is 9.66 Å². The standard InChI is InChI=1S/C19H15N5/c1-13-10-18(22-12-14-6-4-5-9-21-14)24-17-8-3-2-7-16(17)23-19(24)15(13)11-20/h2-10H,12H2,1H3,(H,22,23)/p+1. The third-order valence-corrected chi connectivity index (χ3v) is 4.14. The summed E-state index contributed by atoms with van der Waals surface area (Å²) < 4.78 is 2.06. The van der Waals surface area contributed by atoms with Crippen LogP contribution in [-0.4, -0.2) is 9.97 Å². The van der Waals surface area contributed by atoms with Crippen LogP contribution in [0.4, 0.5) is 5.82 Å². The summed E-state index contributed by atoms with van der Waals surface area (Å²) >= 11 is 0. The van der Waals surface area contributed by atoms with Crippen LogP contribution in [0.5, 0.6) is 0 Å². The SMILES string of the molecule is Cc1cc(NCc2ccccn2)[n+]2c([nH]c3ccccc32)c1C#N. The Kier molecular flexibility index (Phi) is 3.36. The van der Waals surface area contributed by atoms with E-state index in [1.54, 1.807) is 6.20 Å². The third-order valence-electron chi connectivity index (χ3n) is 4.14. The van der Waals surface area contributed by atoms with Crippen molar-refractivity contribution < 1.29 is 4.40 Å². The van der Waals surface area contributed by atoms with Gasteiger partial charge in [0.05, 0.1) is 5.69 Å². The number of fused-ring (bicyclic) bond motifs is 3. The van der Waals surface area contributed by atoms with Gasteiger partial charge in [-0.3, -0.25) is 15.3 Å². The van der Waals surface area contributed by atoms with Crippen molar-refractivity contribution in [3.8, 4) is 6.07 Å². The number of para-hydroxylation sites is 2. The maximum Gasteiger partial charge on any atom is 0.250 e. The smallest absolute Gasteiger partial charge is 0.250 e. The normalized spacial score (nSPS) is 10.8. The molecule has 0 atom stereocenters. The lowest BCUT2D eigenvalue weighted by atomic mass is 10.1. The molecule has 0 saturated heterocycles. The van der Waals surface area contributed by atoms with E-state index in [4.69, 9.17) is 0 Å². The number of H-pyrrole nitrogens is 1. The maximum atomic E-state index is 9.53. The van der Waals surface area contributed by atoms with E-state index in [9.17, 15) is 5.26 Å². The topological polar surface area (TPSA) is 68.6 Å². The molecular formula is C19H16N5+. The van der Waals surface area contributed by atoms with E-state index in [-0.39, 0.29) is 0 Å². The summed E-state index contributed by atoms with van der Waals surface area (Å²) in [4.78, 5) is 7.71. The minimum absolute atomic E-state index is 0.619. The Morgan fingerprint density at radius 2 is 2.04 bits per heavy atom. The van der Waals surface area contributed by atoms with Gasteiger partial charge in [0.25, 0.3) is 0 Å². The number of aromatic nitrogens is 3. The first kappa shape index (κ1) is 14.2. The Morgan fingerprint density at radius 1 is 1.21 bits per heavy atom. The van der Waals surface area contributed by atoms with Crippen molar-refractivity contribution in [2.75, 3.05) is 5.32 Å². The van der Waals surface area contributed by atoms with Crippen LogP contribution in [0.15, 0.2) is 54.7 Å². The molecule has 1 aromatic carbocycles. The minimum atomic E-state index is 0.619. The van der Waals surface area contributed by atoms with Gasteiger partial charge in [0.15, 0.2) is 0 Å². The first-order valence-electron chi connectivity index (χ1n) is 7.78. The molecule has 0 aliphatic carbocycles. The summed E-state index contributed by atoms with van der Waals surface area (Å²) in [5.41, 5.74) is 5.41. The molecule has 24 heavy (non-hydrogen) atoms. The predicted molar refractivity (Wildman–Crippen MR) is 92.5 cm³/mol. The molecule has 3 heterocycles. The fourth-order valence-electron chi connectivity index (χ4n) is 2.99. The van der Waals surface area contributed by atoms with E-state index in [1.165, 1.54) is 0 Å². The number of hydrogen-bond acceptors (Lipinski definition) is 3. The molecule has 0 aliphatic rings. The summed E-state index contributed by atoms with van der Waals surface area (Å²) in [5, 5.41) is 13.0. The Bertz CT molecular complexity index is 1070. The molecule has 2 N–H and O–H groups in total. The van der Waals surface area contributed by atoms with Crippen LogP contribution in [0.3, 0.4) is 0 Å². The first-order valence-corrected chi connectivity index (χ1v) is 7.78. The molecular weight excluding hydrogens is 298 g/mol. The average molecular weight is 314 g/mol. The highest BCUT2D eigenvalue weighted by molar-refractivity contribution is 5.77. The number of nitriles is 1. The van der Waals surface area contributed by atoms with Gasteiger partial charge in [0, 0.05) is 12.3 Å². The molecule has 0 saturated carbocycles. The van der Waals surface area contributed by atoms with Crippen LogP contribution in [0, 0.1) is 18.3 Å². The van der Waals surface area contributed by atoms with E-state index < -0.39 is 0 Å². The molecule has 4 aromatic rings. The number of anilines is 1. The van der Waals surface area contributed by atoms with Gasteiger partial charge < -0.3 is 0 Å². The highest BCUT2D eigenvalue weighted by Gasteiger charge is 2.20. The fraction of sp³-hybridized carbons (Fsp3) is 0.105. The molecule has 0 amide bonds. The zero-order chi connectivity index (χ0) is 16.5. The van der Waals surface area contributed by atoms with Gasteiger partial charge in [-0.15, -0.1) is 0 Å². The number of nitrogens with zero attached hydrogens (tertiary/aromatic N) is 3. The Labute approximate surface area is 139 Å². The van der Waals surface area contributed by atoms with Crippen LogP contribution < -0.4 is 9.72 Å².